The van der Waals surface area contributed by atoms with Crippen molar-refractivity contribution >= 4 is 11.9 Å². The standard InChI is InChI=1S/C16H11N3O2/c17-9-8-12-4-6-13(7-5-12)21-16-14(11-20)19-10-2-1-3-15(19)18-16/h1-7,10-11H,8H2. The third kappa shape index (κ3) is 2.47. The van der Waals surface area contributed by atoms with Gasteiger partial charge in [0.2, 0.25) is 5.88 Å². The Labute approximate surface area is 121 Å². The molecule has 0 aliphatic carbocycles. The first kappa shape index (κ1) is 12.9. The molecule has 3 aromatic rings. The number of nitrogens with zero attached hydrogens (tertiary/aromatic N) is 3. The van der Waals surface area contributed by atoms with Crippen LogP contribution in [0.15, 0.2) is 48.7 Å². The van der Waals surface area contributed by atoms with E-state index in [0.29, 0.717) is 23.5 Å². The topological polar surface area (TPSA) is 67.4 Å². The van der Waals surface area contributed by atoms with Crippen LogP contribution in [0.2, 0.25) is 0 Å². The summed E-state index contributed by atoms with van der Waals surface area (Å²) in [6.45, 7) is 0. The highest BCUT2D eigenvalue weighted by Gasteiger charge is 2.13. The molecule has 0 unspecified atom stereocenters. The third-order valence-corrected chi connectivity index (χ3v) is 3.07. The van der Waals surface area contributed by atoms with Crippen molar-refractivity contribution in [3.63, 3.8) is 0 Å². The van der Waals surface area contributed by atoms with Gasteiger partial charge >= 0.3 is 0 Å². The zero-order valence-corrected chi connectivity index (χ0v) is 11.1. The largest absolute Gasteiger partial charge is 0.437 e. The second-order valence-corrected chi connectivity index (χ2v) is 4.43. The maximum absolute atomic E-state index is 11.3. The molecule has 0 fully saturated rings. The molecule has 21 heavy (non-hydrogen) atoms. The summed E-state index contributed by atoms with van der Waals surface area (Å²) < 4.78 is 7.35. The molecule has 3 rings (SSSR count). The summed E-state index contributed by atoms with van der Waals surface area (Å²) in [4.78, 5) is 15.5. The van der Waals surface area contributed by atoms with Crippen molar-refractivity contribution in [3.8, 4) is 17.7 Å². The minimum absolute atomic E-state index is 0.268. The number of aromatic nitrogens is 2. The van der Waals surface area contributed by atoms with Crippen LogP contribution in [0.3, 0.4) is 0 Å². The van der Waals surface area contributed by atoms with E-state index < -0.39 is 0 Å². The summed E-state index contributed by atoms with van der Waals surface area (Å²) in [5.74, 6) is 0.840. The summed E-state index contributed by atoms with van der Waals surface area (Å²) in [5.41, 5.74) is 1.93. The fraction of sp³-hybridized carbons (Fsp3) is 0.0625. The molecule has 0 radical (unpaired) electrons. The number of imidazole rings is 1. The van der Waals surface area contributed by atoms with Crippen LogP contribution >= 0.6 is 0 Å². The van der Waals surface area contributed by atoms with Crippen LogP contribution < -0.4 is 4.74 Å². The zero-order chi connectivity index (χ0) is 14.7. The molecule has 0 saturated heterocycles. The molecule has 0 bridgehead atoms. The van der Waals surface area contributed by atoms with E-state index in [-0.39, 0.29) is 5.88 Å². The van der Waals surface area contributed by atoms with E-state index in [0.717, 1.165) is 11.8 Å². The molecular formula is C16H11N3O2. The normalized spacial score (nSPS) is 10.2. The van der Waals surface area contributed by atoms with Gasteiger partial charge in [-0.1, -0.05) is 18.2 Å². The lowest BCUT2D eigenvalue weighted by molar-refractivity contribution is 0.111. The number of nitriles is 1. The van der Waals surface area contributed by atoms with E-state index in [2.05, 4.69) is 11.1 Å². The SMILES string of the molecule is N#CCc1ccc(Oc2nc3ccccn3c2C=O)cc1. The molecule has 5 heteroatoms. The number of hydrogen-bond acceptors (Lipinski definition) is 4. The number of aldehydes is 1. The maximum atomic E-state index is 11.3. The fourth-order valence-corrected chi connectivity index (χ4v) is 2.05. The van der Waals surface area contributed by atoms with Gasteiger partial charge < -0.3 is 4.74 Å². The number of carbonyl (C=O) groups excluding carboxylic acids is 1. The number of pyridine rings is 1. The Morgan fingerprint density at radius 3 is 2.76 bits per heavy atom. The van der Waals surface area contributed by atoms with Gasteiger partial charge in [0.1, 0.15) is 11.4 Å². The quantitative estimate of drug-likeness (QED) is 0.687. The molecule has 0 N–H and O–H groups in total. The lowest BCUT2D eigenvalue weighted by Crippen LogP contribution is -1.93. The van der Waals surface area contributed by atoms with Crippen molar-refractivity contribution in [2.24, 2.45) is 0 Å². The van der Waals surface area contributed by atoms with Crippen LogP contribution in [-0.2, 0) is 6.42 Å². The van der Waals surface area contributed by atoms with E-state index in [1.807, 2.05) is 24.3 Å². The van der Waals surface area contributed by atoms with E-state index >= 15 is 0 Å². The summed E-state index contributed by atoms with van der Waals surface area (Å²) in [5, 5.41) is 8.64. The van der Waals surface area contributed by atoms with Crippen molar-refractivity contribution in [1.82, 2.24) is 9.38 Å². The lowest BCUT2D eigenvalue weighted by Gasteiger charge is -2.03. The number of fused-ring (bicyclic) bond motifs is 1. The Hall–Kier alpha value is -3.13. The van der Waals surface area contributed by atoms with Crippen LogP contribution in [-0.4, -0.2) is 15.7 Å². The summed E-state index contributed by atoms with van der Waals surface area (Å²) in [6.07, 6.45) is 2.84. The highest BCUT2D eigenvalue weighted by molar-refractivity contribution is 5.78. The van der Waals surface area contributed by atoms with E-state index in [4.69, 9.17) is 10.00 Å². The van der Waals surface area contributed by atoms with Gasteiger partial charge in [-0.15, -0.1) is 0 Å². The van der Waals surface area contributed by atoms with Gasteiger partial charge in [-0.25, -0.2) is 0 Å². The smallest absolute Gasteiger partial charge is 0.249 e. The average Bonchev–Trinajstić information content (AvgIpc) is 2.86. The summed E-state index contributed by atoms with van der Waals surface area (Å²) in [6, 6.07) is 14.7. The lowest BCUT2D eigenvalue weighted by atomic mass is 10.2. The Kier molecular flexibility index (Phi) is 3.36. The number of carbonyl (C=O) groups is 1. The molecule has 2 heterocycles. The van der Waals surface area contributed by atoms with Crippen molar-refractivity contribution in [2.75, 3.05) is 0 Å². The Morgan fingerprint density at radius 2 is 2.05 bits per heavy atom. The molecule has 0 saturated carbocycles. The van der Waals surface area contributed by atoms with Crippen LogP contribution in [0.4, 0.5) is 0 Å². The van der Waals surface area contributed by atoms with Crippen molar-refractivity contribution < 1.29 is 9.53 Å². The number of benzene rings is 1. The summed E-state index contributed by atoms with van der Waals surface area (Å²) in [7, 11) is 0. The van der Waals surface area contributed by atoms with Crippen LogP contribution in [0.5, 0.6) is 11.6 Å². The van der Waals surface area contributed by atoms with Crippen molar-refractivity contribution in [2.45, 2.75) is 6.42 Å². The fourth-order valence-electron chi connectivity index (χ4n) is 2.05. The Morgan fingerprint density at radius 1 is 1.24 bits per heavy atom. The number of ether oxygens (including phenoxy) is 1. The first-order chi connectivity index (χ1) is 10.3. The Balaban J connectivity index is 1.94. The highest BCUT2D eigenvalue weighted by Crippen LogP contribution is 2.25. The van der Waals surface area contributed by atoms with Gasteiger partial charge in [0, 0.05) is 6.20 Å². The Bertz CT molecular complexity index is 829. The number of hydrogen-bond donors (Lipinski definition) is 0. The molecule has 0 aliphatic rings. The molecule has 0 aliphatic heterocycles. The molecule has 5 nitrogen and oxygen atoms in total. The molecule has 0 spiro atoms. The molecule has 102 valence electrons. The minimum Gasteiger partial charge on any atom is -0.437 e. The van der Waals surface area contributed by atoms with Crippen molar-refractivity contribution in [3.05, 3.63) is 59.9 Å². The van der Waals surface area contributed by atoms with Crippen LogP contribution in [0.1, 0.15) is 16.1 Å². The molecule has 0 amide bonds. The predicted octanol–water partition coefficient (Wildman–Crippen LogP) is 3.01. The second kappa shape index (κ2) is 5.47. The van der Waals surface area contributed by atoms with Gasteiger partial charge in [0.05, 0.1) is 12.5 Å². The van der Waals surface area contributed by atoms with E-state index in [9.17, 15) is 4.79 Å². The zero-order valence-electron chi connectivity index (χ0n) is 11.1. The molecular weight excluding hydrogens is 266 g/mol. The van der Waals surface area contributed by atoms with Gasteiger partial charge in [-0.3, -0.25) is 9.20 Å². The molecule has 2 aromatic heterocycles. The monoisotopic (exact) mass is 277 g/mol. The predicted molar refractivity (Wildman–Crippen MR) is 76.4 cm³/mol. The van der Waals surface area contributed by atoms with E-state index in [1.165, 1.54) is 0 Å². The summed E-state index contributed by atoms with van der Waals surface area (Å²) >= 11 is 0. The van der Waals surface area contributed by atoms with E-state index in [1.54, 1.807) is 28.8 Å². The van der Waals surface area contributed by atoms with Gasteiger partial charge in [-0.05, 0) is 29.8 Å². The maximum Gasteiger partial charge on any atom is 0.249 e. The van der Waals surface area contributed by atoms with Crippen LogP contribution in [0.25, 0.3) is 5.65 Å². The minimum atomic E-state index is 0.268. The van der Waals surface area contributed by atoms with Crippen LogP contribution in [0, 0.1) is 11.3 Å². The second-order valence-electron chi connectivity index (χ2n) is 4.43. The molecule has 0 atom stereocenters. The third-order valence-electron chi connectivity index (χ3n) is 3.07. The van der Waals surface area contributed by atoms with Gasteiger partial charge in [-0.2, -0.15) is 10.2 Å². The first-order valence-corrected chi connectivity index (χ1v) is 6.38. The van der Waals surface area contributed by atoms with Crippen molar-refractivity contribution in [1.29, 1.82) is 5.26 Å². The van der Waals surface area contributed by atoms with Gasteiger partial charge in [0.15, 0.2) is 12.0 Å². The van der Waals surface area contributed by atoms with Gasteiger partial charge in [0.25, 0.3) is 0 Å². The molecule has 1 aromatic carbocycles. The number of rotatable bonds is 4. The highest BCUT2D eigenvalue weighted by atomic mass is 16.5. The first-order valence-electron chi connectivity index (χ1n) is 6.38. The average molecular weight is 277 g/mol.